The highest BCUT2D eigenvalue weighted by atomic mass is 19.4. The minimum absolute atomic E-state index is 0.182. The van der Waals surface area contributed by atoms with E-state index in [1.165, 1.54) is 11.7 Å². The molecule has 0 spiro atoms. The van der Waals surface area contributed by atoms with Gasteiger partial charge in [0.25, 0.3) is 0 Å². The van der Waals surface area contributed by atoms with Crippen molar-refractivity contribution < 1.29 is 18.3 Å². The van der Waals surface area contributed by atoms with Gasteiger partial charge in [-0.15, -0.1) is 0 Å². The summed E-state index contributed by atoms with van der Waals surface area (Å²) in [4.78, 5) is 3.84. The van der Waals surface area contributed by atoms with Gasteiger partial charge in [0.2, 0.25) is 0 Å². The average molecular weight is 300 g/mol. The molecule has 0 aliphatic rings. The van der Waals surface area contributed by atoms with E-state index in [0.717, 1.165) is 6.07 Å². The highest BCUT2D eigenvalue weighted by Crippen LogP contribution is 2.28. The Kier molecular flexibility index (Phi) is 4.59. The molecule has 2 aromatic heterocycles. The van der Waals surface area contributed by atoms with E-state index >= 15 is 0 Å². The molecule has 2 heterocycles. The van der Waals surface area contributed by atoms with Gasteiger partial charge >= 0.3 is 6.18 Å². The summed E-state index contributed by atoms with van der Waals surface area (Å²) in [7, 11) is 1.45. The number of alkyl halides is 3. The summed E-state index contributed by atoms with van der Waals surface area (Å²) >= 11 is 0. The zero-order valence-electron chi connectivity index (χ0n) is 11.3. The molecule has 1 atom stereocenters. The van der Waals surface area contributed by atoms with Crippen LogP contribution in [0.4, 0.5) is 13.2 Å². The zero-order valence-corrected chi connectivity index (χ0v) is 11.3. The first kappa shape index (κ1) is 15.5. The number of halogens is 3. The molecule has 0 fully saturated rings. The fraction of sp³-hybridized carbons (Fsp3) is 0.385. The summed E-state index contributed by atoms with van der Waals surface area (Å²) < 4.78 is 38.7. The van der Waals surface area contributed by atoms with Crippen LogP contribution in [0, 0.1) is 0 Å². The van der Waals surface area contributed by atoms with Gasteiger partial charge in [0.1, 0.15) is 0 Å². The van der Waals surface area contributed by atoms with E-state index in [-0.39, 0.29) is 13.1 Å². The third-order valence-corrected chi connectivity index (χ3v) is 3.00. The lowest BCUT2D eigenvalue weighted by atomic mass is 10.1. The van der Waals surface area contributed by atoms with E-state index in [1.807, 2.05) is 0 Å². The van der Waals surface area contributed by atoms with Crippen molar-refractivity contribution in [3.63, 3.8) is 0 Å². The van der Waals surface area contributed by atoms with Crippen LogP contribution in [0.3, 0.4) is 0 Å². The van der Waals surface area contributed by atoms with Crippen LogP contribution in [-0.2, 0) is 19.8 Å². The number of hydrogen-bond acceptors (Lipinski definition) is 4. The Morgan fingerprint density at radius 2 is 2.00 bits per heavy atom. The van der Waals surface area contributed by atoms with Gasteiger partial charge in [-0.25, -0.2) is 0 Å². The van der Waals surface area contributed by atoms with Crippen molar-refractivity contribution in [3.8, 4) is 0 Å². The number of rotatable bonds is 5. The van der Waals surface area contributed by atoms with Gasteiger partial charge in [-0.3, -0.25) is 9.67 Å². The first-order valence-electron chi connectivity index (χ1n) is 6.26. The third kappa shape index (κ3) is 4.02. The molecule has 2 aromatic rings. The van der Waals surface area contributed by atoms with Crippen LogP contribution in [0.5, 0.6) is 0 Å². The molecule has 1 unspecified atom stereocenters. The summed E-state index contributed by atoms with van der Waals surface area (Å²) in [6.45, 7) is 0.401. The number of pyridine rings is 1. The van der Waals surface area contributed by atoms with Gasteiger partial charge in [-0.05, 0) is 23.8 Å². The molecule has 5 nitrogen and oxygen atoms in total. The Balaban J connectivity index is 1.91. The molecule has 2 N–H and O–H groups in total. The summed E-state index contributed by atoms with van der Waals surface area (Å²) in [6, 6.07) is 4.35. The predicted molar refractivity (Wildman–Crippen MR) is 69.1 cm³/mol. The summed E-state index contributed by atoms with van der Waals surface area (Å²) in [5, 5.41) is 16.2. The van der Waals surface area contributed by atoms with Crippen LogP contribution >= 0.6 is 0 Å². The van der Waals surface area contributed by atoms with Gasteiger partial charge in [-0.2, -0.15) is 18.3 Å². The van der Waals surface area contributed by atoms with Crippen molar-refractivity contribution in [3.05, 3.63) is 47.5 Å². The molecule has 0 aliphatic heterocycles. The van der Waals surface area contributed by atoms with E-state index in [2.05, 4.69) is 15.4 Å². The maximum absolute atomic E-state index is 12.5. The molecule has 0 bridgehead atoms. The third-order valence-electron chi connectivity index (χ3n) is 3.00. The first-order valence-corrected chi connectivity index (χ1v) is 6.26. The second kappa shape index (κ2) is 6.23. The molecule has 21 heavy (non-hydrogen) atoms. The topological polar surface area (TPSA) is 63.0 Å². The van der Waals surface area contributed by atoms with Crippen LogP contribution in [0.2, 0.25) is 0 Å². The average Bonchev–Trinajstić information content (AvgIpc) is 2.81. The quantitative estimate of drug-likeness (QED) is 0.881. The minimum Gasteiger partial charge on any atom is -0.387 e. The Hall–Kier alpha value is -1.93. The molecule has 8 heteroatoms. The fourth-order valence-electron chi connectivity index (χ4n) is 1.85. The maximum atomic E-state index is 12.5. The minimum atomic E-state index is -4.45. The van der Waals surface area contributed by atoms with E-state index in [0.29, 0.717) is 11.3 Å². The lowest BCUT2D eigenvalue weighted by Gasteiger charge is -2.11. The van der Waals surface area contributed by atoms with Gasteiger partial charge in [0.15, 0.2) is 5.69 Å². The van der Waals surface area contributed by atoms with Crippen molar-refractivity contribution in [2.45, 2.75) is 18.8 Å². The van der Waals surface area contributed by atoms with Crippen molar-refractivity contribution >= 4 is 0 Å². The van der Waals surface area contributed by atoms with E-state index in [9.17, 15) is 18.3 Å². The monoisotopic (exact) mass is 300 g/mol. The first-order chi connectivity index (χ1) is 9.88. The number of aromatic nitrogens is 3. The van der Waals surface area contributed by atoms with Crippen LogP contribution in [0.15, 0.2) is 30.6 Å². The van der Waals surface area contributed by atoms with E-state index < -0.39 is 18.0 Å². The Labute approximate surface area is 119 Å². The van der Waals surface area contributed by atoms with Gasteiger partial charge < -0.3 is 10.4 Å². The summed E-state index contributed by atoms with van der Waals surface area (Å²) in [5.41, 5.74) is 0.166. The molecule has 114 valence electrons. The number of aliphatic hydroxyl groups is 1. The molecule has 0 aliphatic carbocycles. The largest absolute Gasteiger partial charge is 0.435 e. The molecule has 0 saturated heterocycles. The van der Waals surface area contributed by atoms with Gasteiger partial charge in [-0.1, -0.05) is 0 Å². The lowest BCUT2D eigenvalue weighted by molar-refractivity contribution is -0.141. The van der Waals surface area contributed by atoms with Crippen molar-refractivity contribution in [2.24, 2.45) is 7.05 Å². The SMILES string of the molecule is Cn1nc(C(F)(F)F)cc1CNCC(O)c1ccncc1. The number of nitrogens with one attached hydrogen (secondary N) is 1. The normalized spacial score (nSPS) is 13.4. The molecular weight excluding hydrogens is 285 g/mol. The van der Waals surface area contributed by atoms with Gasteiger partial charge in [0.05, 0.1) is 11.8 Å². The molecule has 0 amide bonds. The summed E-state index contributed by atoms with van der Waals surface area (Å²) in [6.07, 6.45) is -2.07. The van der Waals surface area contributed by atoms with E-state index in [1.54, 1.807) is 24.5 Å². The van der Waals surface area contributed by atoms with Crippen molar-refractivity contribution in [1.82, 2.24) is 20.1 Å². The van der Waals surface area contributed by atoms with E-state index in [4.69, 9.17) is 0 Å². The Bertz CT molecular complexity index is 583. The number of aryl methyl sites for hydroxylation is 1. The molecule has 0 aromatic carbocycles. The maximum Gasteiger partial charge on any atom is 0.435 e. The van der Waals surface area contributed by atoms with Crippen LogP contribution < -0.4 is 5.32 Å². The highest BCUT2D eigenvalue weighted by Gasteiger charge is 2.34. The fourth-order valence-corrected chi connectivity index (χ4v) is 1.85. The van der Waals surface area contributed by atoms with Crippen molar-refractivity contribution in [2.75, 3.05) is 6.54 Å². The van der Waals surface area contributed by atoms with Crippen LogP contribution in [0.1, 0.15) is 23.1 Å². The van der Waals surface area contributed by atoms with Crippen LogP contribution in [-0.4, -0.2) is 26.4 Å². The number of aliphatic hydroxyl groups excluding tert-OH is 1. The van der Waals surface area contributed by atoms with Gasteiger partial charge in [0, 0.05) is 32.5 Å². The second-order valence-corrected chi connectivity index (χ2v) is 4.57. The van der Waals surface area contributed by atoms with Crippen LogP contribution in [0.25, 0.3) is 0 Å². The predicted octanol–water partition coefficient (Wildman–Crippen LogP) is 1.66. The highest BCUT2D eigenvalue weighted by molar-refractivity contribution is 5.14. The number of hydrogen-bond donors (Lipinski definition) is 2. The molecule has 0 radical (unpaired) electrons. The molecular formula is C13H15F3N4O. The second-order valence-electron chi connectivity index (χ2n) is 4.57. The summed E-state index contributed by atoms with van der Waals surface area (Å²) in [5.74, 6) is 0. The molecule has 2 rings (SSSR count). The molecule has 0 saturated carbocycles. The zero-order chi connectivity index (χ0) is 15.5. The lowest BCUT2D eigenvalue weighted by Crippen LogP contribution is -2.22. The Morgan fingerprint density at radius 1 is 1.33 bits per heavy atom. The standard InChI is InChI=1S/C13H15F3N4O/c1-20-10(6-12(19-20)13(14,15)16)7-18-8-11(21)9-2-4-17-5-3-9/h2-6,11,18,21H,7-8H2,1H3. The Morgan fingerprint density at radius 3 is 2.57 bits per heavy atom. The number of nitrogens with zero attached hydrogens (tertiary/aromatic N) is 3. The smallest absolute Gasteiger partial charge is 0.387 e. The van der Waals surface area contributed by atoms with Crippen molar-refractivity contribution in [1.29, 1.82) is 0 Å².